The first-order valence-corrected chi connectivity index (χ1v) is 9.73. The molecule has 8 heteroatoms. The fourth-order valence-corrected chi connectivity index (χ4v) is 4.26. The highest BCUT2D eigenvalue weighted by atomic mass is 16.5. The van der Waals surface area contributed by atoms with Gasteiger partial charge in [-0.25, -0.2) is 9.78 Å². The third-order valence-electron chi connectivity index (χ3n) is 5.58. The van der Waals surface area contributed by atoms with Crippen molar-refractivity contribution in [3.05, 3.63) is 35.4 Å². The molecular formula is C20H26N6O2. The highest BCUT2D eigenvalue weighted by molar-refractivity contribution is 6.05. The smallest absolute Gasteiger partial charge is 0.341 e. The SMILES string of the molecule is CCOC(=O)c1cnc2c(c(C)nn2C)c1N1CCC(c2ccnn2C)CC1. The highest BCUT2D eigenvalue weighted by Gasteiger charge is 2.29. The molecule has 3 aromatic rings. The number of pyridine rings is 1. The zero-order valence-electron chi connectivity index (χ0n) is 16.8. The van der Waals surface area contributed by atoms with E-state index in [2.05, 4.69) is 26.1 Å². The monoisotopic (exact) mass is 382 g/mol. The minimum absolute atomic E-state index is 0.330. The number of carbonyl (C=O) groups excluding carboxylic acids is 1. The zero-order chi connectivity index (χ0) is 19.8. The third-order valence-corrected chi connectivity index (χ3v) is 5.58. The number of carbonyl (C=O) groups is 1. The Morgan fingerprint density at radius 2 is 2.00 bits per heavy atom. The molecule has 0 amide bonds. The molecule has 148 valence electrons. The molecule has 0 saturated carbocycles. The van der Waals surface area contributed by atoms with Crippen molar-refractivity contribution in [2.75, 3.05) is 24.6 Å². The predicted molar refractivity (Wildman–Crippen MR) is 107 cm³/mol. The van der Waals surface area contributed by atoms with Gasteiger partial charge >= 0.3 is 5.97 Å². The molecule has 1 aliphatic heterocycles. The van der Waals surface area contributed by atoms with Crippen LogP contribution < -0.4 is 4.90 Å². The van der Waals surface area contributed by atoms with Gasteiger partial charge in [-0.1, -0.05) is 0 Å². The lowest BCUT2D eigenvalue weighted by atomic mass is 9.92. The van der Waals surface area contributed by atoms with Gasteiger partial charge in [0.15, 0.2) is 5.65 Å². The van der Waals surface area contributed by atoms with Crippen LogP contribution in [0.5, 0.6) is 0 Å². The van der Waals surface area contributed by atoms with Gasteiger partial charge in [-0.2, -0.15) is 10.2 Å². The number of anilines is 1. The van der Waals surface area contributed by atoms with Crippen LogP contribution in [0.3, 0.4) is 0 Å². The van der Waals surface area contributed by atoms with E-state index in [4.69, 9.17) is 4.74 Å². The second kappa shape index (κ2) is 7.26. The number of ether oxygens (including phenoxy) is 1. The molecule has 1 saturated heterocycles. The van der Waals surface area contributed by atoms with Crippen LogP contribution in [0.25, 0.3) is 11.0 Å². The number of aromatic nitrogens is 5. The van der Waals surface area contributed by atoms with Crippen LogP contribution >= 0.6 is 0 Å². The quantitative estimate of drug-likeness (QED) is 0.646. The number of piperidine rings is 1. The second-order valence-electron chi connectivity index (χ2n) is 7.29. The molecule has 0 spiro atoms. The summed E-state index contributed by atoms with van der Waals surface area (Å²) >= 11 is 0. The molecule has 0 unspecified atom stereocenters. The van der Waals surface area contributed by atoms with Gasteiger partial charge in [0.2, 0.25) is 0 Å². The maximum Gasteiger partial charge on any atom is 0.341 e. The minimum atomic E-state index is -0.330. The van der Waals surface area contributed by atoms with Gasteiger partial charge in [0.05, 0.1) is 23.4 Å². The molecule has 4 rings (SSSR count). The topological polar surface area (TPSA) is 78.1 Å². The Balaban J connectivity index is 1.72. The van der Waals surface area contributed by atoms with E-state index in [1.807, 2.05) is 38.8 Å². The number of hydrogen-bond donors (Lipinski definition) is 0. The number of aryl methyl sites for hydroxylation is 3. The average Bonchev–Trinajstić information content (AvgIpc) is 3.24. The second-order valence-corrected chi connectivity index (χ2v) is 7.29. The number of esters is 1. The fraction of sp³-hybridized carbons (Fsp3) is 0.500. The molecule has 0 N–H and O–H groups in total. The minimum Gasteiger partial charge on any atom is -0.462 e. The molecule has 3 aromatic heterocycles. The summed E-state index contributed by atoms with van der Waals surface area (Å²) in [6, 6.07) is 2.10. The molecule has 0 atom stereocenters. The molecule has 1 fully saturated rings. The molecule has 0 aromatic carbocycles. The number of hydrogen-bond acceptors (Lipinski definition) is 6. The van der Waals surface area contributed by atoms with Crippen LogP contribution in [0.15, 0.2) is 18.5 Å². The van der Waals surface area contributed by atoms with Gasteiger partial charge in [0.25, 0.3) is 0 Å². The van der Waals surface area contributed by atoms with Crippen LogP contribution in [0.1, 0.15) is 47.4 Å². The molecule has 28 heavy (non-hydrogen) atoms. The van der Waals surface area contributed by atoms with Gasteiger partial charge < -0.3 is 9.64 Å². The molecule has 1 aliphatic rings. The Morgan fingerprint density at radius 3 is 2.64 bits per heavy atom. The summed E-state index contributed by atoms with van der Waals surface area (Å²) in [6.07, 6.45) is 5.49. The fourth-order valence-electron chi connectivity index (χ4n) is 4.26. The lowest BCUT2D eigenvalue weighted by Crippen LogP contribution is -2.35. The van der Waals surface area contributed by atoms with Crippen molar-refractivity contribution in [1.82, 2.24) is 24.5 Å². The summed E-state index contributed by atoms with van der Waals surface area (Å²) in [7, 11) is 3.87. The first-order valence-electron chi connectivity index (χ1n) is 9.73. The maximum atomic E-state index is 12.6. The van der Waals surface area contributed by atoms with Crippen molar-refractivity contribution in [1.29, 1.82) is 0 Å². The Bertz CT molecular complexity index is 1010. The van der Waals surface area contributed by atoms with Crippen molar-refractivity contribution < 1.29 is 9.53 Å². The normalized spacial score (nSPS) is 15.4. The van der Waals surface area contributed by atoms with Crippen LogP contribution in [0.2, 0.25) is 0 Å². The molecule has 4 heterocycles. The van der Waals surface area contributed by atoms with Gasteiger partial charge in [0.1, 0.15) is 5.56 Å². The van der Waals surface area contributed by atoms with E-state index in [1.54, 1.807) is 10.9 Å². The maximum absolute atomic E-state index is 12.6. The molecular weight excluding hydrogens is 356 g/mol. The molecule has 0 bridgehead atoms. The largest absolute Gasteiger partial charge is 0.462 e. The highest BCUT2D eigenvalue weighted by Crippen LogP contribution is 2.36. The summed E-state index contributed by atoms with van der Waals surface area (Å²) < 4.78 is 9.03. The van der Waals surface area contributed by atoms with E-state index in [-0.39, 0.29) is 5.97 Å². The zero-order valence-corrected chi connectivity index (χ0v) is 16.8. The summed E-state index contributed by atoms with van der Waals surface area (Å²) in [4.78, 5) is 19.4. The Morgan fingerprint density at radius 1 is 1.25 bits per heavy atom. The number of nitrogens with zero attached hydrogens (tertiary/aromatic N) is 6. The summed E-state index contributed by atoms with van der Waals surface area (Å²) in [5.41, 5.74) is 4.35. The van der Waals surface area contributed by atoms with Crippen LogP contribution in [-0.2, 0) is 18.8 Å². The van der Waals surface area contributed by atoms with Crippen molar-refractivity contribution >= 4 is 22.7 Å². The molecule has 0 radical (unpaired) electrons. The molecule has 8 nitrogen and oxygen atoms in total. The van der Waals surface area contributed by atoms with E-state index >= 15 is 0 Å². The van der Waals surface area contributed by atoms with E-state index in [0.29, 0.717) is 18.1 Å². The van der Waals surface area contributed by atoms with Gasteiger partial charge in [-0.15, -0.1) is 0 Å². The summed E-state index contributed by atoms with van der Waals surface area (Å²) in [6.45, 7) is 5.83. The Kier molecular flexibility index (Phi) is 4.78. The van der Waals surface area contributed by atoms with Crippen molar-refractivity contribution in [2.24, 2.45) is 14.1 Å². The number of fused-ring (bicyclic) bond motifs is 1. The average molecular weight is 382 g/mol. The lowest BCUT2D eigenvalue weighted by molar-refractivity contribution is 0.0526. The Labute approximate surface area is 164 Å². The van der Waals surface area contributed by atoms with E-state index in [0.717, 1.165) is 48.3 Å². The summed E-state index contributed by atoms with van der Waals surface area (Å²) in [5, 5.41) is 9.76. The molecule has 0 aliphatic carbocycles. The van der Waals surface area contributed by atoms with Gasteiger partial charge in [-0.05, 0) is 32.8 Å². The van der Waals surface area contributed by atoms with E-state index in [1.165, 1.54) is 5.69 Å². The van der Waals surface area contributed by atoms with Gasteiger partial charge in [0, 0.05) is 51.2 Å². The number of rotatable bonds is 4. The van der Waals surface area contributed by atoms with Crippen LogP contribution in [-0.4, -0.2) is 50.2 Å². The van der Waals surface area contributed by atoms with Crippen molar-refractivity contribution in [3.8, 4) is 0 Å². The Hall–Kier alpha value is -2.90. The predicted octanol–water partition coefficient (Wildman–Crippen LogP) is 2.57. The van der Waals surface area contributed by atoms with E-state index in [9.17, 15) is 4.79 Å². The van der Waals surface area contributed by atoms with E-state index < -0.39 is 0 Å². The van der Waals surface area contributed by atoms with Crippen LogP contribution in [0.4, 0.5) is 5.69 Å². The summed E-state index contributed by atoms with van der Waals surface area (Å²) in [5.74, 6) is 0.144. The van der Waals surface area contributed by atoms with Crippen molar-refractivity contribution in [2.45, 2.75) is 32.6 Å². The van der Waals surface area contributed by atoms with Gasteiger partial charge in [-0.3, -0.25) is 9.36 Å². The van der Waals surface area contributed by atoms with Crippen molar-refractivity contribution in [3.63, 3.8) is 0 Å². The van der Waals surface area contributed by atoms with Crippen LogP contribution in [0, 0.1) is 6.92 Å². The first kappa shape index (κ1) is 18.5. The first-order chi connectivity index (χ1) is 13.5. The third kappa shape index (κ3) is 3.02. The standard InChI is InChI=1S/C20H26N6O2/c1-5-28-20(27)15-12-21-19-17(13(2)23-25(19)4)18(15)26-10-7-14(8-11-26)16-6-9-22-24(16)3/h6,9,12,14H,5,7-8,10-11H2,1-4H3. The lowest BCUT2D eigenvalue weighted by Gasteiger charge is -2.34.